The van der Waals surface area contributed by atoms with Gasteiger partial charge in [0.05, 0.1) is 12.5 Å². The molecule has 0 saturated carbocycles. The molecule has 2 atom stereocenters. The molecule has 1 saturated heterocycles. The molecule has 9 heteroatoms. The van der Waals surface area contributed by atoms with Crippen molar-refractivity contribution in [2.24, 2.45) is 0 Å². The molecule has 2 aromatic rings. The molecule has 136 valence electrons. The predicted molar refractivity (Wildman–Crippen MR) is 89.4 cm³/mol. The van der Waals surface area contributed by atoms with Gasteiger partial charge in [0.1, 0.15) is 5.01 Å². The van der Waals surface area contributed by atoms with Crippen LogP contribution in [0.3, 0.4) is 0 Å². The maximum atomic E-state index is 13.6. The Balaban J connectivity index is 1.86. The first-order valence-corrected chi connectivity index (χ1v) is 9.58. The Morgan fingerprint density at radius 3 is 2.76 bits per heavy atom. The van der Waals surface area contributed by atoms with Crippen molar-refractivity contribution < 1.29 is 23.1 Å². The summed E-state index contributed by atoms with van der Waals surface area (Å²) in [6.45, 7) is 1.94. The van der Waals surface area contributed by atoms with Crippen LogP contribution in [0.5, 0.6) is 0 Å². The molecular weight excluding hydrogens is 373 g/mol. The highest BCUT2D eigenvalue weighted by atomic mass is 32.1. The average Bonchev–Trinajstić information content (AvgIpc) is 3.26. The van der Waals surface area contributed by atoms with Gasteiger partial charge in [-0.3, -0.25) is 4.79 Å². The Morgan fingerprint density at radius 1 is 1.44 bits per heavy atom. The molecule has 1 aliphatic rings. The van der Waals surface area contributed by atoms with E-state index in [9.17, 15) is 23.1 Å². The van der Waals surface area contributed by atoms with Gasteiger partial charge in [0.25, 0.3) is 0 Å². The fourth-order valence-electron chi connectivity index (χ4n) is 3.04. The third-order valence-corrected chi connectivity index (χ3v) is 6.16. The van der Waals surface area contributed by atoms with Crippen molar-refractivity contribution in [2.45, 2.75) is 44.0 Å². The highest BCUT2D eigenvalue weighted by Crippen LogP contribution is 2.44. The first kappa shape index (κ1) is 18.3. The molecular formula is C16H17F3N2O2S2. The highest BCUT2D eigenvalue weighted by molar-refractivity contribution is 7.09. The molecule has 0 unspecified atom stereocenters. The molecule has 1 fully saturated rings. The molecule has 1 aliphatic heterocycles. The second kappa shape index (κ2) is 6.69. The predicted octanol–water partition coefficient (Wildman–Crippen LogP) is 4.02. The fraction of sp³-hybridized carbons (Fsp3) is 0.500. The minimum absolute atomic E-state index is 0.228. The number of likely N-dealkylation sites (tertiary alicyclic amines) is 1. The van der Waals surface area contributed by atoms with Crippen LogP contribution in [0.1, 0.15) is 41.6 Å². The first-order chi connectivity index (χ1) is 11.7. The van der Waals surface area contributed by atoms with Crippen LogP contribution in [-0.2, 0) is 10.4 Å². The number of aliphatic hydroxyl groups is 1. The largest absolute Gasteiger partial charge is 0.424 e. The van der Waals surface area contributed by atoms with Crippen molar-refractivity contribution in [3.63, 3.8) is 0 Å². The van der Waals surface area contributed by atoms with E-state index in [1.54, 1.807) is 6.92 Å². The van der Waals surface area contributed by atoms with Gasteiger partial charge in [-0.1, -0.05) is 0 Å². The number of hydrogen-bond donors (Lipinski definition) is 1. The van der Waals surface area contributed by atoms with Crippen molar-refractivity contribution in [1.29, 1.82) is 0 Å². The summed E-state index contributed by atoms with van der Waals surface area (Å²) in [6, 6.07) is 1.65. The van der Waals surface area contributed by atoms with Gasteiger partial charge in [-0.05, 0) is 42.2 Å². The average molecular weight is 390 g/mol. The molecule has 0 radical (unpaired) electrons. The zero-order valence-electron chi connectivity index (χ0n) is 13.4. The number of nitrogens with zero attached hydrogens (tertiary/aromatic N) is 2. The minimum Gasteiger partial charge on any atom is -0.374 e. The number of aryl methyl sites for hydroxylation is 1. The van der Waals surface area contributed by atoms with Crippen molar-refractivity contribution >= 4 is 28.6 Å². The van der Waals surface area contributed by atoms with Gasteiger partial charge >= 0.3 is 6.18 Å². The van der Waals surface area contributed by atoms with E-state index in [4.69, 9.17) is 0 Å². The maximum Gasteiger partial charge on any atom is 0.424 e. The van der Waals surface area contributed by atoms with Crippen LogP contribution < -0.4 is 0 Å². The Morgan fingerprint density at radius 2 is 2.20 bits per heavy atom. The standard InChI is InChI=1S/C16H17F3N2O2S2/c1-10-8-25-14(20-10)15(23,16(17,18)19)7-13(22)21-5-2-3-12(21)11-4-6-24-9-11/h4,6,8-9,12,23H,2-3,5,7H2,1H3/t12-,15-/m0/s1. The number of alkyl halides is 3. The SMILES string of the molecule is Cc1csc([C@@](O)(CC(=O)N2CCC[C@H]2c2ccsc2)C(F)(F)F)n1. The zero-order valence-corrected chi connectivity index (χ0v) is 15.0. The Kier molecular flexibility index (Phi) is 4.91. The monoisotopic (exact) mass is 390 g/mol. The lowest BCUT2D eigenvalue weighted by Gasteiger charge is -2.31. The van der Waals surface area contributed by atoms with Crippen LogP contribution in [0.15, 0.2) is 22.2 Å². The van der Waals surface area contributed by atoms with E-state index in [1.807, 2.05) is 16.8 Å². The van der Waals surface area contributed by atoms with Gasteiger partial charge in [0.2, 0.25) is 11.5 Å². The van der Waals surface area contributed by atoms with Crippen LogP contribution in [-0.4, -0.2) is 33.6 Å². The van der Waals surface area contributed by atoms with Crippen molar-refractivity contribution in [1.82, 2.24) is 9.88 Å². The van der Waals surface area contributed by atoms with Crippen molar-refractivity contribution in [3.8, 4) is 0 Å². The number of amides is 1. The van der Waals surface area contributed by atoms with E-state index in [1.165, 1.54) is 21.6 Å². The molecule has 25 heavy (non-hydrogen) atoms. The summed E-state index contributed by atoms with van der Waals surface area (Å²) >= 11 is 2.20. The highest BCUT2D eigenvalue weighted by Gasteiger charge is 2.58. The summed E-state index contributed by atoms with van der Waals surface area (Å²) < 4.78 is 40.7. The van der Waals surface area contributed by atoms with Gasteiger partial charge in [0.15, 0.2) is 0 Å². The summed E-state index contributed by atoms with van der Waals surface area (Å²) in [5, 5.41) is 15.1. The van der Waals surface area contributed by atoms with Crippen LogP contribution >= 0.6 is 22.7 Å². The van der Waals surface area contributed by atoms with Gasteiger partial charge in [-0.25, -0.2) is 4.98 Å². The van der Waals surface area contributed by atoms with Gasteiger partial charge in [-0.2, -0.15) is 24.5 Å². The van der Waals surface area contributed by atoms with Crippen molar-refractivity contribution in [3.05, 3.63) is 38.5 Å². The summed E-state index contributed by atoms with van der Waals surface area (Å²) in [5.74, 6) is -0.707. The molecule has 0 spiro atoms. The zero-order chi connectivity index (χ0) is 18.2. The van der Waals surface area contributed by atoms with Crippen molar-refractivity contribution in [2.75, 3.05) is 6.54 Å². The molecule has 3 heterocycles. The quantitative estimate of drug-likeness (QED) is 0.858. The number of aromatic nitrogens is 1. The number of thiazole rings is 1. The molecule has 1 amide bonds. The van der Waals surface area contributed by atoms with Crippen LogP contribution in [0.25, 0.3) is 0 Å². The van der Waals surface area contributed by atoms with E-state index in [-0.39, 0.29) is 6.04 Å². The molecule has 0 bridgehead atoms. The lowest BCUT2D eigenvalue weighted by Crippen LogP contribution is -2.47. The van der Waals surface area contributed by atoms with E-state index in [2.05, 4.69) is 4.98 Å². The fourth-order valence-corrected chi connectivity index (χ4v) is 4.66. The topological polar surface area (TPSA) is 53.4 Å². The lowest BCUT2D eigenvalue weighted by molar-refractivity contribution is -0.268. The number of carbonyl (C=O) groups excluding carboxylic acids is 1. The summed E-state index contributed by atoms with van der Waals surface area (Å²) in [4.78, 5) is 17.9. The summed E-state index contributed by atoms with van der Waals surface area (Å²) in [7, 11) is 0. The van der Waals surface area contributed by atoms with Gasteiger partial charge < -0.3 is 10.0 Å². The number of carbonyl (C=O) groups is 1. The van der Waals surface area contributed by atoms with Gasteiger partial charge in [0, 0.05) is 17.6 Å². The molecule has 0 aliphatic carbocycles. The molecule has 0 aromatic carbocycles. The molecule has 1 N–H and O–H groups in total. The van der Waals surface area contributed by atoms with Crippen LogP contribution in [0.2, 0.25) is 0 Å². The van der Waals surface area contributed by atoms with E-state index in [0.29, 0.717) is 30.0 Å². The molecule has 4 nitrogen and oxygen atoms in total. The maximum absolute atomic E-state index is 13.6. The first-order valence-electron chi connectivity index (χ1n) is 7.75. The normalized spacial score (nSPS) is 20.7. The Bertz CT molecular complexity index is 745. The number of halogens is 3. The summed E-state index contributed by atoms with van der Waals surface area (Å²) in [5.41, 5.74) is -1.95. The summed E-state index contributed by atoms with van der Waals surface area (Å²) in [6.07, 6.45) is -4.59. The Hall–Kier alpha value is -1.45. The molecule has 2 aromatic heterocycles. The number of rotatable bonds is 4. The third-order valence-electron chi connectivity index (χ3n) is 4.35. The number of thiophene rings is 1. The van der Waals surface area contributed by atoms with Crippen LogP contribution in [0, 0.1) is 6.92 Å². The third kappa shape index (κ3) is 3.45. The second-order valence-electron chi connectivity index (χ2n) is 6.13. The second-order valence-corrected chi connectivity index (χ2v) is 7.77. The lowest BCUT2D eigenvalue weighted by atomic mass is 9.98. The van der Waals surface area contributed by atoms with Crippen LogP contribution in [0.4, 0.5) is 13.2 Å². The smallest absolute Gasteiger partial charge is 0.374 e. The van der Waals surface area contributed by atoms with E-state index in [0.717, 1.165) is 12.0 Å². The molecule has 3 rings (SSSR count). The van der Waals surface area contributed by atoms with Gasteiger partial charge in [-0.15, -0.1) is 11.3 Å². The van der Waals surface area contributed by atoms with E-state index >= 15 is 0 Å². The Labute approximate surface area is 150 Å². The number of hydrogen-bond acceptors (Lipinski definition) is 5. The van der Waals surface area contributed by atoms with E-state index < -0.39 is 29.1 Å². The minimum atomic E-state index is -4.98.